The zero-order chi connectivity index (χ0) is 7.82. The molecule has 1 aromatic carbocycles. The summed E-state index contributed by atoms with van der Waals surface area (Å²) in [6, 6.07) is 10.1. The van der Waals surface area contributed by atoms with Gasteiger partial charge < -0.3 is 0 Å². The first-order valence-electron chi connectivity index (χ1n) is 2.42. The van der Waals surface area contributed by atoms with Gasteiger partial charge in [0.2, 0.25) is 0 Å². The zero-order valence-electron chi connectivity index (χ0n) is 4.96. The number of halogens is 2. The summed E-state index contributed by atoms with van der Waals surface area (Å²) in [7, 11) is 0. The van der Waals surface area contributed by atoms with Crippen molar-refractivity contribution in [3.8, 4) is 0 Å². The Bertz CT molecular complexity index is 157. The Labute approximate surface area is 102 Å². The van der Waals surface area contributed by atoms with Crippen LogP contribution < -0.4 is 4.46 Å². The van der Waals surface area contributed by atoms with Gasteiger partial charge in [0.25, 0.3) is 0 Å². The third-order valence-corrected chi connectivity index (χ3v) is 1.31. The van der Waals surface area contributed by atoms with Crippen LogP contribution in [0.25, 0.3) is 0 Å². The second-order valence-corrected chi connectivity index (χ2v) is 21.8. The van der Waals surface area contributed by atoms with Crippen molar-refractivity contribution in [1.82, 2.24) is 0 Å². The predicted molar refractivity (Wildman–Crippen MR) is 59.9 cm³/mol. The Kier molecular flexibility index (Phi) is 12.1. The average molecular weight is 560 g/mol. The van der Waals surface area contributed by atoms with Crippen LogP contribution in [0.5, 0.6) is 0 Å². The summed E-state index contributed by atoms with van der Waals surface area (Å²) in [4.78, 5) is 0. The molecule has 4 heteroatoms. The van der Waals surface area contributed by atoms with Gasteiger partial charge in [0.15, 0.2) is 0 Å². The molecule has 0 amide bonds. The SMILES string of the molecule is [I][Sm][I].[Se]c1ccccc1. The monoisotopic (exact) mass is 563 g/mol. The molecule has 0 fully saturated rings. The van der Waals surface area contributed by atoms with Crippen molar-refractivity contribution in [3.63, 3.8) is 0 Å². The van der Waals surface area contributed by atoms with Gasteiger partial charge in [0.05, 0.1) is 0 Å². The van der Waals surface area contributed by atoms with Crippen molar-refractivity contribution in [2.24, 2.45) is 0 Å². The van der Waals surface area contributed by atoms with E-state index in [1.807, 2.05) is 30.3 Å². The van der Waals surface area contributed by atoms with Crippen LogP contribution in [-0.4, -0.2) is 16.0 Å². The number of hydrogen-bond donors (Lipinski definition) is 0. The quantitative estimate of drug-likeness (QED) is 0.338. The average Bonchev–Trinajstić information content (AvgIpc) is 1.91. The summed E-state index contributed by atoms with van der Waals surface area (Å²) in [6.07, 6.45) is 0. The molecule has 1 radical (unpaired) electrons. The van der Waals surface area contributed by atoms with Crippen LogP contribution in [0.3, 0.4) is 0 Å². The third kappa shape index (κ3) is 8.63. The van der Waals surface area contributed by atoms with E-state index in [2.05, 4.69) is 44.6 Å². The van der Waals surface area contributed by atoms with Crippen LogP contribution in [0, 0.1) is 25.5 Å². The van der Waals surface area contributed by atoms with E-state index >= 15 is 0 Å². The fraction of sp³-hybridized carbons (Fsp3) is 0. The zero-order valence-corrected chi connectivity index (χ0v) is 13.6. The topological polar surface area (TPSA) is 0 Å². The summed E-state index contributed by atoms with van der Waals surface area (Å²) < 4.78 is 1.20. The van der Waals surface area contributed by atoms with Gasteiger partial charge >= 0.3 is 105 Å². The predicted octanol–water partition coefficient (Wildman–Crippen LogP) is 2.25. The van der Waals surface area contributed by atoms with E-state index in [9.17, 15) is 0 Å². The van der Waals surface area contributed by atoms with E-state index < -0.39 is 0 Å². The van der Waals surface area contributed by atoms with Crippen molar-refractivity contribution in [1.29, 1.82) is 0 Å². The maximum absolute atomic E-state index is 2.90. The van der Waals surface area contributed by atoms with Gasteiger partial charge in [-0.1, -0.05) is 0 Å². The normalized spacial score (nSPS) is 7.80. The fourth-order valence-electron chi connectivity index (χ4n) is 0.420. The van der Waals surface area contributed by atoms with Gasteiger partial charge in [0, 0.05) is 0 Å². The molecule has 1 aromatic rings. The molecule has 0 aliphatic carbocycles. The third-order valence-electron chi connectivity index (χ3n) is 0.743. The molecule has 0 spiro atoms. The Hall–Kier alpha value is 2.54. The van der Waals surface area contributed by atoms with Gasteiger partial charge in [0.1, 0.15) is 0 Å². The summed E-state index contributed by atoms with van der Waals surface area (Å²) in [5.74, 6) is 0. The van der Waals surface area contributed by atoms with Gasteiger partial charge in [-0.3, -0.25) is 0 Å². The number of rotatable bonds is 0. The van der Waals surface area contributed by atoms with Crippen LogP contribution in [0.2, 0.25) is 0 Å². The number of benzene rings is 1. The van der Waals surface area contributed by atoms with Crippen molar-refractivity contribution in [3.05, 3.63) is 30.3 Å². The van der Waals surface area contributed by atoms with Gasteiger partial charge in [-0.2, -0.15) is 0 Å². The maximum atomic E-state index is 2.90. The van der Waals surface area contributed by atoms with E-state index in [4.69, 9.17) is 0 Å². The summed E-state index contributed by atoms with van der Waals surface area (Å²) in [5, 5.41) is 0. The molecule has 0 atom stereocenters. The molecule has 0 saturated heterocycles. The molecule has 0 aliphatic heterocycles. The van der Waals surface area contributed by atoms with Crippen LogP contribution in [0.15, 0.2) is 30.3 Å². The van der Waals surface area contributed by atoms with Crippen molar-refractivity contribution < 1.29 is 25.5 Å². The van der Waals surface area contributed by atoms with E-state index in [-0.39, 0.29) is 25.5 Å². The Balaban J connectivity index is 0.000000236. The minimum absolute atomic E-state index is 0.190. The van der Waals surface area contributed by atoms with E-state index in [0.717, 1.165) is 0 Å². The van der Waals surface area contributed by atoms with Crippen molar-refractivity contribution in [2.45, 2.75) is 0 Å². The first kappa shape index (κ1) is 12.5. The first-order valence-corrected chi connectivity index (χ1v) is 18.3. The van der Waals surface area contributed by atoms with Crippen LogP contribution >= 0.6 is 28.6 Å². The second kappa shape index (κ2) is 9.62. The fourth-order valence-corrected chi connectivity index (χ4v) is 0.750. The van der Waals surface area contributed by atoms with Gasteiger partial charge in [-0.25, -0.2) is 0 Å². The second-order valence-electron chi connectivity index (χ2n) is 1.37. The Morgan fingerprint density at radius 2 is 1.50 bits per heavy atom. The van der Waals surface area contributed by atoms with E-state index in [1.54, 1.807) is 0 Å². The van der Waals surface area contributed by atoms with E-state index in [1.165, 1.54) is 4.46 Å². The molecule has 0 bridgehead atoms. The standard InChI is InChI=1S/C6H5Se.2HI.Sm/c7-6-4-2-1-3-5-6;;;/h1-5H;2*1H;/q;;;+2/p-2. The molecule has 55 valence electrons. The molecule has 10 heavy (non-hydrogen) atoms. The molecule has 1 rings (SSSR count). The van der Waals surface area contributed by atoms with Gasteiger partial charge in [-0.15, -0.1) is 0 Å². The van der Waals surface area contributed by atoms with Gasteiger partial charge in [-0.05, 0) is 0 Å². The van der Waals surface area contributed by atoms with Crippen LogP contribution in [0.1, 0.15) is 0 Å². The van der Waals surface area contributed by atoms with Crippen LogP contribution in [0.4, 0.5) is 0 Å². The summed E-state index contributed by atoms with van der Waals surface area (Å²) in [6.45, 7) is 0. The molecule has 0 aliphatic rings. The van der Waals surface area contributed by atoms with Crippen molar-refractivity contribution in [2.75, 3.05) is 0 Å². The van der Waals surface area contributed by atoms with E-state index in [0.29, 0.717) is 0 Å². The Morgan fingerprint density at radius 1 is 1.10 bits per heavy atom. The Morgan fingerprint density at radius 3 is 1.70 bits per heavy atom. The molecule has 0 saturated carbocycles. The molecule has 0 heterocycles. The molecule has 0 unspecified atom stereocenters. The number of hydrogen-bond acceptors (Lipinski definition) is 0. The summed E-state index contributed by atoms with van der Waals surface area (Å²) in [5.41, 5.74) is 0. The van der Waals surface area contributed by atoms with Crippen LogP contribution in [-0.2, 0) is 0 Å². The molecule has 0 N–H and O–H groups in total. The molecule has 0 nitrogen and oxygen atoms in total. The summed E-state index contributed by atoms with van der Waals surface area (Å²) >= 11 is 7.98. The first-order chi connectivity index (χ1) is 4.81. The minimum atomic E-state index is 0.190. The van der Waals surface area contributed by atoms with Crippen molar-refractivity contribution >= 4 is 49.1 Å². The molecular formula is C6H5I2SeSm. The molecule has 0 aromatic heterocycles. The molecular weight excluding hydrogens is 555 g/mol.